The molecule has 2 aromatic rings. The standard InChI is InChI=1S/C14H18FN3/c1-18-13-8-11(15)3-4-12(13)17-14(18)5-2-10-6-7-16-9-10/h3-4,8,10,16H,2,5-7,9H2,1H3. The molecule has 0 spiro atoms. The van der Waals surface area contributed by atoms with Gasteiger partial charge in [0.05, 0.1) is 11.0 Å². The first-order chi connectivity index (χ1) is 8.74. The Bertz CT molecular complexity index is 555. The topological polar surface area (TPSA) is 29.9 Å². The van der Waals surface area contributed by atoms with Gasteiger partial charge in [-0.15, -0.1) is 0 Å². The summed E-state index contributed by atoms with van der Waals surface area (Å²) in [5.74, 6) is 1.63. The number of nitrogens with zero attached hydrogens (tertiary/aromatic N) is 2. The summed E-state index contributed by atoms with van der Waals surface area (Å²) in [6.07, 6.45) is 3.39. The van der Waals surface area contributed by atoms with Crippen molar-refractivity contribution in [2.24, 2.45) is 13.0 Å². The number of halogens is 1. The highest BCUT2D eigenvalue weighted by Gasteiger charge is 2.16. The predicted octanol–water partition coefficient (Wildman–Crippen LogP) is 2.25. The lowest BCUT2D eigenvalue weighted by molar-refractivity contribution is 0.520. The molecule has 4 heteroatoms. The molecule has 3 rings (SSSR count). The van der Waals surface area contributed by atoms with E-state index in [-0.39, 0.29) is 5.82 Å². The average molecular weight is 247 g/mol. The van der Waals surface area contributed by atoms with Gasteiger partial charge in [-0.1, -0.05) is 0 Å². The minimum absolute atomic E-state index is 0.197. The van der Waals surface area contributed by atoms with E-state index >= 15 is 0 Å². The first-order valence-corrected chi connectivity index (χ1v) is 6.55. The van der Waals surface area contributed by atoms with Crippen molar-refractivity contribution in [2.75, 3.05) is 13.1 Å². The van der Waals surface area contributed by atoms with Crippen molar-refractivity contribution in [3.05, 3.63) is 29.8 Å². The van der Waals surface area contributed by atoms with E-state index in [0.29, 0.717) is 0 Å². The van der Waals surface area contributed by atoms with Crippen LogP contribution in [0.4, 0.5) is 4.39 Å². The number of rotatable bonds is 3. The Morgan fingerprint density at radius 3 is 3.17 bits per heavy atom. The minimum Gasteiger partial charge on any atom is -0.331 e. The first-order valence-electron chi connectivity index (χ1n) is 6.55. The van der Waals surface area contributed by atoms with E-state index in [1.54, 1.807) is 12.1 Å². The average Bonchev–Trinajstić information content (AvgIpc) is 2.97. The fraction of sp³-hybridized carbons (Fsp3) is 0.500. The number of benzene rings is 1. The van der Waals surface area contributed by atoms with Crippen LogP contribution in [0.25, 0.3) is 11.0 Å². The van der Waals surface area contributed by atoms with Crippen LogP contribution in [0.15, 0.2) is 18.2 Å². The zero-order valence-electron chi connectivity index (χ0n) is 10.6. The number of hydrogen-bond donors (Lipinski definition) is 1. The molecule has 1 unspecified atom stereocenters. The fourth-order valence-corrected chi connectivity index (χ4v) is 2.73. The fourth-order valence-electron chi connectivity index (χ4n) is 2.73. The molecule has 0 amide bonds. The lowest BCUT2D eigenvalue weighted by Gasteiger charge is -2.07. The summed E-state index contributed by atoms with van der Waals surface area (Å²) >= 11 is 0. The molecule has 0 radical (unpaired) electrons. The highest BCUT2D eigenvalue weighted by molar-refractivity contribution is 5.75. The van der Waals surface area contributed by atoms with Crippen LogP contribution in [0, 0.1) is 11.7 Å². The zero-order valence-corrected chi connectivity index (χ0v) is 10.6. The third kappa shape index (κ3) is 2.12. The van der Waals surface area contributed by atoms with Gasteiger partial charge in [-0.2, -0.15) is 0 Å². The normalized spacial score (nSPS) is 19.8. The predicted molar refractivity (Wildman–Crippen MR) is 70.0 cm³/mol. The summed E-state index contributed by atoms with van der Waals surface area (Å²) in [5.41, 5.74) is 1.77. The maximum Gasteiger partial charge on any atom is 0.125 e. The maximum atomic E-state index is 13.2. The minimum atomic E-state index is -0.197. The largest absolute Gasteiger partial charge is 0.331 e. The van der Waals surface area contributed by atoms with E-state index in [9.17, 15) is 4.39 Å². The molecule has 1 aliphatic rings. The van der Waals surface area contributed by atoms with E-state index < -0.39 is 0 Å². The Balaban J connectivity index is 1.81. The highest BCUT2D eigenvalue weighted by atomic mass is 19.1. The molecule has 18 heavy (non-hydrogen) atoms. The molecule has 1 aromatic carbocycles. The van der Waals surface area contributed by atoms with E-state index in [1.807, 2.05) is 11.6 Å². The van der Waals surface area contributed by atoms with Crippen LogP contribution in [0.5, 0.6) is 0 Å². The number of aromatic nitrogens is 2. The van der Waals surface area contributed by atoms with Crippen LogP contribution in [0.3, 0.4) is 0 Å². The number of aryl methyl sites for hydroxylation is 2. The summed E-state index contributed by atoms with van der Waals surface area (Å²) < 4.78 is 15.2. The van der Waals surface area contributed by atoms with Crippen molar-refractivity contribution < 1.29 is 4.39 Å². The highest BCUT2D eigenvalue weighted by Crippen LogP contribution is 2.20. The van der Waals surface area contributed by atoms with E-state index in [4.69, 9.17) is 0 Å². The van der Waals surface area contributed by atoms with E-state index in [0.717, 1.165) is 48.7 Å². The van der Waals surface area contributed by atoms with Crippen LogP contribution in [-0.4, -0.2) is 22.6 Å². The van der Waals surface area contributed by atoms with Gasteiger partial charge >= 0.3 is 0 Å². The summed E-state index contributed by atoms with van der Waals surface area (Å²) in [7, 11) is 1.97. The van der Waals surface area contributed by atoms with Gasteiger partial charge in [-0.25, -0.2) is 9.37 Å². The van der Waals surface area contributed by atoms with Crippen LogP contribution in [0.2, 0.25) is 0 Å². The molecule has 1 aliphatic heterocycles. The van der Waals surface area contributed by atoms with Crippen LogP contribution in [0.1, 0.15) is 18.7 Å². The summed E-state index contributed by atoms with van der Waals surface area (Å²) in [6, 6.07) is 4.79. The lowest BCUT2D eigenvalue weighted by Crippen LogP contribution is -2.10. The van der Waals surface area contributed by atoms with Gasteiger partial charge < -0.3 is 9.88 Å². The Labute approximate surface area is 106 Å². The molecule has 1 fully saturated rings. The molecule has 96 valence electrons. The summed E-state index contributed by atoms with van der Waals surface area (Å²) in [4.78, 5) is 4.59. The molecule has 1 aromatic heterocycles. The van der Waals surface area contributed by atoms with Gasteiger partial charge in [0.15, 0.2) is 0 Å². The van der Waals surface area contributed by atoms with Crippen LogP contribution in [-0.2, 0) is 13.5 Å². The lowest BCUT2D eigenvalue weighted by atomic mass is 10.0. The van der Waals surface area contributed by atoms with Crippen molar-refractivity contribution in [2.45, 2.75) is 19.3 Å². The number of imidazole rings is 1. The molecule has 0 aliphatic carbocycles. The Morgan fingerprint density at radius 1 is 1.50 bits per heavy atom. The van der Waals surface area contributed by atoms with E-state index in [2.05, 4.69) is 10.3 Å². The zero-order chi connectivity index (χ0) is 12.5. The molecular weight excluding hydrogens is 229 g/mol. The molecule has 0 saturated carbocycles. The van der Waals surface area contributed by atoms with Crippen molar-refractivity contribution in [1.29, 1.82) is 0 Å². The van der Waals surface area contributed by atoms with Gasteiger partial charge in [0.1, 0.15) is 11.6 Å². The SMILES string of the molecule is Cn1c(CCC2CCNC2)nc2ccc(F)cc21. The maximum absolute atomic E-state index is 13.2. The van der Waals surface area contributed by atoms with Crippen molar-refractivity contribution in [1.82, 2.24) is 14.9 Å². The van der Waals surface area contributed by atoms with Gasteiger partial charge in [0.2, 0.25) is 0 Å². The van der Waals surface area contributed by atoms with Gasteiger partial charge in [0, 0.05) is 13.5 Å². The molecule has 2 heterocycles. The summed E-state index contributed by atoms with van der Waals surface area (Å²) in [5, 5.41) is 3.38. The second kappa shape index (κ2) is 4.69. The summed E-state index contributed by atoms with van der Waals surface area (Å²) in [6.45, 7) is 2.26. The first kappa shape index (κ1) is 11.7. The second-order valence-corrected chi connectivity index (χ2v) is 5.12. The number of hydrogen-bond acceptors (Lipinski definition) is 2. The monoisotopic (exact) mass is 247 g/mol. The smallest absolute Gasteiger partial charge is 0.125 e. The molecule has 1 N–H and O–H groups in total. The van der Waals surface area contributed by atoms with Gasteiger partial charge in [0.25, 0.3) is 0 Å². The van der Waals surface area contributed by atoms with Gasteiger partial charge in [-0.05, 0) is 50.0 Å². The molecular formula is C14H18FN3. The van der Waals surface area contributed by atoms with E-state index in [1.165, 1.54) is 12.5 Å². The molecule has 3 nitrogen and oxygen atoms in total. The van der Waals surface area contributed by atoms with Crippen LogP contribution >= 0.6 is 0 Å². The van der Waals surface area contributed by atoms with Crippen molar-refractivity contribution in [3.8, 4) is 0 Å². The van der Waals surface area contributed by atoms with Crippen molar-refractivity contribution in [3.63, 3.8) is 0 Å². The number of nitrogens with one attached hydrogen (secondary N) is 1. The van der Waals surface area contributed by atoms with Crippen LogP contribution < -0.4 is 5.32 Å². The van der Waals surface area contributed by atoms with Crippen molar-refractivity contribution >= 4 is 11.0 Å². The quantitative estimate of drug-likeness (QED) is 0.901. The molecule has 1 saturated heterocycles. The Morgan fingerprint density at radius 2 is 2.39 bits per heavy atom. The van der Waals surface area contributed by atoms with Gasteiger partial charge in [-0.3, -0.25) is 0 Å². The third-order valence-corrected chi connectivity index (χ3v) is 3.87. The number of fused-ring (bicyclic) bond motifs is 1. The Kier molecular flexibility index (Phi) is 3.04. The third-order valence-electron chi connectivity index (χ3n) is 3.87. The Hall–Kier alpha value is -1.42. The second-order valence-electron chi connectivity index (χ2n) is 5.12. The molecule has 1 atom stereocenters. The molecule has 0 bridgehead atoms.